The molecule has 0 saturated carbocycles. The molecule has 4 nitrogen and oxygen atoms in total. The van der Waals surface area contributed by atoms with Crippen LogP contribution in [0.4, 0.5) is 0 Å². The second-order valence-electron chi connectivity index (χ2n) is 6.84. The molecule has 0 atom stereocenters. The van der Waals surface area contributed by atoms with E-state index in [-0.39, 0.29) is 5.57 Å². The summed E-state index contributed by atoms with van der Waals surface area (Å²) in [6, 6.07) is 24.5. The first-order chi connectivity index (χ1) is 15.1. The van der Waals surface area contributed by atoms with Crippen LogP contribution in [0.15, 0.2) is 82.8 Å². The number of nitrogens with zero attached hydrogens (tertiary/aromatic N) is 1. The van der Waals surface area contributed by atoms with E-state index < -0.39 is 5.97 Å². The molecule has 0 amide bonds. The molecule has 3 rings (SSSR count). The third-order valence-electron chi connectivity index (χ3n) is 4.54. The number of hydrogen-bond donors (Lipinski definition) is 0. The summed E-state index contributed by atoms with van der Waals surface area (Å²) in [7, 11) is 0. The Balaban J connectivity index is 1.70. The number of benzene rings is 3. The predicted octanol–water partition coefficient (Wildman–Crippen LogP) is 6.81. The van der Waals surface area contributed by atoms with Crippen LogP contribution in [-0.2, 0) is 4.79 Å². The highest BCUT2D eigenvalue weighted by molar-refractivity contribution is 9.10. The quantitative estimate of drug-likeness (QED) is 0.118. The SMILES string of the molecule is CCCCOc1ccc(/C=C(\C#N)C(=O)Oc2ccc(-c3ccccc3)cc2Br)cc1. The van der Waals surface area contributed by atoms with Crippen LogP contribution in [0.25, 0.3) is 17.2 Å². The fraction of sp³-hybridized carbons (Fsp3) is 0.154. The first-order valence-electron chi connectivity index (χ1n) is 10.0. The Labute approximate surface area is 190 Å². The van der Waals surface area contributed by atoms with Crippen molar-refractivity contribution >= 4 is 28.0 Å². The third-order valence-corrected chi connectivity index (χ3v) is 5.16. The van der Waals surface area contributed by atoms with Crippen molar-refractivity contribution in [1.29, 1.82) is 5.26 Å². The third kappa shape index (κ3) is 6.31. The fourth-order valence-corrected chi connectivity index (χ4v) is 3.31. The number of rotatable bonds is 8. The van der Waals surface area contributed by atoms with Gasteiger partial charge >= 0.3 is 5.97 Å². The molecule has 0 saturated heterocycles. The molecule has 0 aliphatic rings. The second kappa shape index (κ2) is 11.1. The van der Waals surface area contributed by atoms with Gasteiger partial charge in [0.25, 0.3) is 0 Å². The smallest absolute Gasteiger partial charge is 0.354 e. The van der Waals surface area contributed by atoms with E-state index in [4.69, 9.17) is 9.47 Å². The minimum atomic E-state index is -0.709. The molecule has 156 valence electrons. The molecule has 0 aliphatic carbocycles. The van der Waals surface area contributed by atoms with Gasteiger partial charge in [-0.1, -0.05) is 61.9 Å². The minimum absolute atomic E-state index is 0.0845. The molecule has 0 heterocycles. The van der Waals surface area contributed by atoms with Crippen LogP contribution in [0.3, 0.4) is 0 Å². The predicted molar refractivity (Wildman–Crippen MR) is 126 cm³/mol. The lowest BCUT2D eigenvalue weighted by atomic mass is 10.1. The summed E-state index contributed by atoms with van der Waals surface area (Å²) in [6.07, 6.45) is 3.57. The maximum Gasteiger partial charge on any atom is 0.354 e. The summed E-state index contributed by atoms with van der Waals surface area (Å²) >= 11 is 3.45. The van der Waals surface area contributed by atoms with Crippen molar-refractivity contribution in [1.82, 2.24) is 0 Å². The van der Waals surface area contributed by atoms with Crippen molar-refractivity contribution in [2.75, 3.05) is 6.61 Å². The van der Waals surface area contributed by atoms with Gasteiger partial charge in [0.2, 0.25) is 0 Å². The van der Waals surface area contributed by atoms with Crippen molar-refractivity contribution in [2.45, 2.75) is 19.8 Å². The highest BCUT2D eigenvalue weighted by Crippen LogP contribution is 2.31. The number of nitriles is 1. The van der Waals surface area contributed by atoms with E-state index in [0.717, 1.165) is 35.3 Å². The highest BCUT2D eigenvalue weighted by Gasteiger charge is 2.14. The Bertz CT molecular complexity index is 1100. The minimum Gasteiger partial charge on any atom is -0.494 e. The van der Waals surface area contributed by atoms with Crippen molar-refractivity contribution < 1.29 is 14.3 Å². The van der Waals surface area contributed by atoms with Gasteiger partial charge < -0.3 is 9.47 Å². The molecular formula is C26H22BrNO3. The number of carbonyl (C=O) groups excluding carboxylic acids is 1. The molecule has 0 aliphatic heterocycles. The summed E-state index contributed by atoms with van der Waals surface area (Å²) in [4.78, 5) is 12.5. The number of unbranched alkanes of at least 4 members (excludes halogenated alkanes) is 1. The molecule has 0 fully saturated rings. The summed E-state index contributed by atoms with van der Waals surface area (Å²) in [5.41, 5.74) is 2.68. The van der Waals surface area contributed by atoms with Crippen LogP contribution in [-0.4, -0.2) is 12.6 Å². The van der Waals surface area contributed by atoms with Crippen LogP contribution in [0, 0.1) is 11.3 Å². The van der Waals surface area contributed by atoms with E-state index in [9.17, 15) is 10.1 Å². The van der Waals surface area contributed by atoms with Gasteiger partial charge in [-0.15, -0.1) is 0 Å². The highest BCUT2D eigenvalue weighted by atomic mass is 79.9. The van der Waals surface area contributed by atoms with Crippen LogP contribution in [0.5, 0.6) is 11.5 Å². The Kier molecular flexibility index (Phi) is 8.03. The zero-order chi connectivity index (χ0) is 22.1. The van der Waals surface area contributed by atoms with Gasteiger partial charge in [0.05, 0.1) is 11.1 Å². The zero-order valence-corrected chi connectivity index (χ0v) is 18.8. The number of esters is 1. The molecule has 0 radical (unpaired) electrons. The Morgan fingerprint density at radius 2 is 1.77 bits per heavy atom. The molecular weight excluding hydrogens is 454 g/mol. The second-order valence-corrected chi connectivity index (χ2v) is 7.70. The Morgan fingerprint density at radius 1 is 1.03 bits per heavy atom. The molecule has 0 bridgehead atoms. The molecule has 3 aromatic rings. The van der Waals surface area contributed by atoms with Crippen molar-refractivity contribution in [2.24, 2.45) is 0 Å². The zero-order valence-electron chi connectivity index (χ0n) is 17.2. The summed E-state index contributed by atoms with van der Waals surface area (Å²) in [5.74, 6) is 0.401. The maximum absolute atomic E-state index is 12.5. The van der Waals surface area contributed by atoms with Gasteiger partial charge in [-0.25, -0.2) is 4.79 Å². The first-order valence-corrected chi connectivity index (χ1v) is 10.8. The van der Waals surface area contributed by atoms with Crippen LogP contribution < -0.4 is 9.47 Å². The summed E-state index contributed by atoms with van der Waals surface area (Å²) in [6.45, 7) is 2.77. The largest absolute Gasteiger partial charge is 0.494 e. The lowest BCUT2D eigenvalue weighted by Gasteiger charge is -2.08. The van der Waals surface area contributed by atoms with Crippen LogP contribution in [0.1, 0.15) is 25.3 Å². The molecule has 0 aromatic heterocycles. The van der Waals surface area contributed by atoms with Crippen molar-refractivity contribution in [3.05, 3.63) is 88.4 Å². The summed E-state index contributed by atoms with van der Waals surface area (Å²) in [5, 5.41) is 9.44. The van der Waals surface area contributed by atoms with Gasteiger partial charge in [-0.2, -0.15) is 5.26 Å². The monoisotopic (exact) mass is 475 g/mol. The average molecular weight is 476 g/mol. The molecule has 3 aromatic carbocycles. The van der Waals surface area contributed by atoms with Gasteiger partial charge in [0.15, 0.2) is 0 Å². The number of ether oxygens (including phenoxy) is 2. The van der Waals surface area contributed by atoms with Gasteiger partial charge in [-0.3, -0.25) is 0 Å². The van der Waals surface area contributed by atoms with Crippen LogP contribution in [0.2, 0.25) is 0 Å². The van der Waals surface area contributed by atoms with E-state index in [2.05, 4.69) is 22.9 Å². The average Bonchev–Trinajstić information content (AvgIpc) is 2.80. The standard InChI is InChI=1S/C26H22BrNO3/c1-2-3-15-30-23-12-9-19(10-13-23)16-22(18-28)26(29)31-25-14-11-21(17-24(25)27)20-7-5-4-6-8-20/h4-14,16-17H,2-3,15H2,1H3/b22-16+. The van der Waals surface area contributed by atoms with E-state index in [1.807, 2.05) is 60.7 Å². The van der Waals surface area contributed by atoms with Crippen molar-refractivity contribution in [3.8, 4) is 28.7 Å². The van der Waals surface area contributed by atoms with E-state index in [1.165, 1.54) is 6.08 Å². The summed E-state index contributed by atoms with van der Waals surface area (Å²) < 4.78 is 11.7. The molecule has 0 unspecified atom stereocenters. The molecule has 5 heteroatoms. The normalized spacial score (nSPS) is 10.9. The van der Waals surface area contributed by atoms with E-state index >= 15 is 0 Å². The number of halogens is 1. The van der Waals surface area contributed by atoms with Gasteiger partial charge in [0, 0.05) is 0 Å². The molecule has 31 heavy (non-hydrogen) atoms. The lowest BCUT2D eigenvalue weighted by molar-refractivity contribution is -0.129. The van der Waals surface area contributed by atoms with Crippen LogP contribution >= 0.6 is 15.9 Å². The van der Waals surface area contributed by atoms with E-state index in [1.54, 1.807) is 18.2 Å². The number of carbonyl (C=O) groups is 1. The van der Waals surface area contributed by atoms with Gasteiger partial charge in [0.1, 0.15) is 23.1 Å². The van der Waals surface area contributed by atoms with Gasteiger partial charge in [-0.05, 0) is 69.4 Å². The van der Waals surface area contributed by atoms with Crippen molar-refractivity contribution in [3.63, 3.8) is 0 Å². The topological polar surface area (TPSA) is 59.3 Å². The lowest BCUT2D eigenvalue weighted by Crippen LogP contribution is -2.10. The first kappa shape index (κ1) is 22.3. The van der Waals surface area contributed by atoms with E-state index in [0.29, 0.717) is 16.8 Å². The Hall–Kier alpha value is -3.36. The fourth-order valence-electron chi connectivity index (χ4n) is 2.85. The number of hydrogen-bond acceptors (Lipinski definition) is 4. The maximum atomic E-state index is 12.5. The molecule has 0 spiro atoms. The Morgan fingerprint density at radius 3 is 2.42 bits per heavy atom. The molecule has 0 N–H and O–H groups in total.